The van der Waals surface area contributed by atoms with E-state index < -0.39 is 0 Å². The lowest BCUT2D eigenvalue weighted by Gasteiger charge is -2.26. The summed E-state index contributed by atoms with van der Waals surface area (Å²) in [5, 5.41) is 16.5. The molecule has 1 aliphatic carbocycles. The molecule has 1 unspecified atom stereocenters. The lowest BCUT2D eigenvalue weighted by atomic mass is 9.95. The smallest absolute Gasteiger partial charge is 0.178 e. The fourth-order valence-corrected chi connectivity index (χ4v) is 4.08. The van der Waals surface area contributed by atoms with E-state index in [1.54, 1.807) is 0 Å². The predicted molar refractivity (Wildman–Crippen MR) is 111 cm³/mol. The molecule has 1 aliphatic rings. The van der Waals surface area contributed by atoms with Crippen molar-refractivity contribution in [2.24, 2.45) is 0 Å². The van der Waals surface area contributed by atoms with Gasteiger partial charge in [-0.15, -0.1) is 5.10 Å². The Hall–Kier alpha value is -2.21. The van der Waals surface area contributed by atoms with Crippen LogP contribution in [0, 0.1) is 6.92 Å². The normalized spacial score (nSPS) is 16.2. The van der Waals surface area contributed by atoms with Crippen LogP contribution >= 0.6 is 15.9 Å². The predicted octanol–water partition coefficient (Wildman–Crippen LogP) is 5.45. The first-order valence-corrected chi connectivity index (χ1v) is 10.4. The van der Waals surface area contributed by atoms with Crippen molar-refractivity contribution in [1.29, 1.82) is 0 Å². The number of para-hydroxylation sites is 1. The average molecular weight is 426 g/mol. The van der Waals surface area contributed by atoms with Gasteiger partial charge in [-0.3, -0.25) is 0 Å². The van der Waals surface area contributed by atoms with E-state index in [0.717, 1.165) is 34.4 Å². The van der Waals surface area contributed by atoms with Crippen molar-refractivity contribution in [3.8, 4) is 0 Å². The Labute approximate surface area is 168 Å². The number of nitrogens with one attached hydrogen (secondary N) is 1. The zero-order chi connectivity index (χ0) is 18.6. The number of hydrogen-bond acceptors (Lipinski definition) is 4. The van der Waals surface area contributed by atoms with Crippen molar-refractivity contribution in [3.63, 3.8) is 0 Å². The molecule has 1 saturated carbocycles. The molecule has 6 heteroatoms. The molecule has 5 nitrogen and oxygen atoms in total. The van der Waals surface area contributed by atoms with E-state index in [0.29, 0.717) is 6.04 Å². The van der Waals surface area contributed by atoms with E-state index in [9.17, 15) is 0 Å². The third-order valence-corrected chi connectivity index (χ3v) is 5.87. The molecule has 0 radical (unpaired) electrons. The SMILES string of the molecule is Cc1ccccc1NC(c1ccc(Br)cc1)c1nnnn1C1CCCCC1. The molecule has 0 aliphatic heterocycles. The van der Waals surface area contributed by atoms with Crippen LogP contribution in [-0.2, 0) is 0 Å². The highest BCUT2D eigenvalue weighted by atomic mass is 79.9. The van der Waals surface area contributed by atoms with Gasteiger partial charge in [-0.2, -0.15) is 0 Å². The molecule has 0 saturated heterocycles. The largest absolute Gasteiger partial charge is 0.371 e. The van der Waals surface area contributed by atoms with Crippen LogP contribution in [0.15, 0.2) is 53.0 Å². The number of tetrazole rings is 1. The molecule has 1 heterocycles. The van der Waals surface area contributed by atoms with Crippen molar-refractivity contribution in [2.75, 3.05) is 5.32 Å². The third-order valence-electron chi connectivity index (χ3n) is 5.35. The quantitative estimate of drug-likeness (QED) is 0.590. The molecule has 1 aromatic heterocycles. The number of benzene rings is 2. The second kappa shape index (κ2) is 8.21. The van der Waals surface area contributed by atoms with Gasteiger partial charge in [-0.05, 0) is 59.5 Å². The molecular formula is C21H24BrN5. The number of nitrogens with zero attached hydrogens (tertiary/aromatic N) is 4. The highest BCUT2D eigenvalue weighted by Crippen LogP contribution is 2.33. The molecule has 1 N–H and O–H groups in total. The molecule has 3 aromatic rings. The van der Waals surface area contributed by atoms with Crippen LogP contribution in [-0.4, -0.2) is 20.2 Å². The molecular weight excluding hydrogens is 402 g/mol. The van der Waals surface area contributed by atoms with Crippen LogP contribution in [0.25, 0.3) is 0 Å². The Balaban J connectivity index is 1.73. The molecule has 0 spiro atoms. The van der Waals surface area contributed by atoms with Gasteiger partial charge in [-0.25, -0.2) is 4.68 Å². The summed E-state index contributed by atoms with van der Waals surface area (Å²) < 4.78 is 3.12. The van der Waals surface area contributed by atoms with Crippen molar-refractivity contribution in [3.05, 3.63) is 70.0 Å². The van der Waals surface area contributed by atoms with Crippen molar-refractivity contribution in [2.45, 2.75) is 51.1 Å². The Bertz CT molecular complexity index is 884. The molecule has 0 amide bonds. The fraction of sp³-hybridized carbons (Fsp3) is 0.381. The Kier molecular flexibility index (Phi) is 5.53. The van der Waals surface area contributed by atoms with Gasteiger partial charge in [0.2, 0.25) is 0 Å². The lowest BCUT2D eigenvalue weighted by Crippen LogP contribution is -2.23. The molecule has 1 fully saturated rings. The monoisotopic (exact) mass is 425 g/mol. The van der Waals surface area contributed by atoms with Gasteiger partial charge in [0.25, 0.3) is 0 Å². The molecule has 2 aromatic carbocycles. The third kappa shape index (κ3) is 4.05. The zero-order valence-electron chi connectivity index (χ0n) is 15.5. The summed E-state index contributed by atoms with van der Waals surface area (Å²) in [6, 6.07) is 17.0. The molecule has 140 valence electrons. The number of anilines is 1. The summed E-state index contributed by atoms with van der Waals surface area (Å²) in [5.74, 6) is 0.882. The maximum atomic E-state index is 4.44. The van der Waals surface area contributed by atoms with Crippen LogP contribution in [0.2, 0.25) is 0 Å². The van der Waals surface area contributed by atoms with Gasteiger partial charge in [0.05, 0.1) is 6.04 Å². The van der Waals surface area contributed by atoms with E-state index in [-0.39, 0.29) is 6.04 Å². The van der Waals surface area contributed by atoms with Gasteiger partial charge in [0.15, 0.2) is 5.82 Å². The Morgan fingerprint density at radius 2 is 1.78 bits per heavy atom. The maximum absolute atomic E-state index is 4.44. The minimum atomic E-state index is -0.101. The lowest BCUT2D eigenvalue weighted by molar-refractivity contribution is 0.315. The number of rotatable bonds is 5. The molecule has 27 heavy (non-hydrogen) atoms. The van der Waals surface area contributed by atoms with E-state index in [2.05, 4.69) is 96.9 Å². The standard InChI is InChI=1S/C21H24BrN5/c1-15-7-5-6-10-19(15)23-20(16-11-13-17(22)14-12-16)21-24-25-26-27(21)18-8-3-2-4-9-18/h5-7,10-14,18,20,23H,2-4,8-9H2,1H3. The van der Waals surface area contributed by atoms with Gasteiger partial charge in [0.1, 0.15) is 6.04 Å². The van der Waals surface area contributed by atoms with E-state index in [1.165, 1.54) is 24.8 Å². The van der Waals surface area contributed by atoms with Gasteiger partial charge in [0, 0.05) is 10.2 Å². The summed E-state index contributed by atoms with van der Waals surface area (Å²) in [7, 11) is 0. The zero-order valence-corrected chi connectivity index (χ0v) is 17.1. The molecule has 0 bridgehead atoms. The first-order valence-electron chi connectivity index (χ1n) is 9.58. The highest BCUT2D eigenvalue weighted by molar-refractivity contribution is 9.10. The number of aryl methyl sites for hydroxylation is 1. The van der Waals surface area contributed by atoms with Crippen LogP contribution < -0.4 is 5.32 Å². The van der Waals surface area contributed by atoms with Crippen LogP contribution in [0.3, 0.4) is 0 Å². The average Bonchev–Trinajstić information content (AvgIpc) is 3.18. The first-order chi connectivity index (χ1) is 13.2. The van der Waals surface area contributed by atoms with Gasteiger partial charge < -0.3 is 5.32 Å². The van der Waals surface area contributed by atoms with Gasteiger partial charge >= 0.3 is 0 Å². The summed E-state index contributed by atoms with van der Waals surface area (Å²) in [6.45, 7) is 2.12. The second-order valence-corrected chi connectivity index (χ2v) is 8.13. The van der Waals surface area contributed by atoms with Gasteiger partial charge in [-0.1, -0.05) is 65.5 Å². The fourth-order valence-electron chi connectivity index (χ4n) is 3.82. The number of halogens is 1. The topological polar surface area (TPSA) is 55.6 Å². The van der Waals surface area contributed by atoms with Crippen molar-refractivity contribution < 1.29 is 0 Å². The summed E-state index contributed by atoms with van der Waals surface area (Å²) in [4.78, 5) is 0. The Morgan fingerprint density at radius 1 is 1.04 bits per heavy atom. The second-order valence-electron chi connectivity index (χ2n) is 7.22. The van der Waals surface area contributed by atoms with E-state index >= 15 is 0 Å². The van der Waals surface area contributed by atoms with Crippen LogP contribution in [0.5, 0.6) is 0 Å². The summed E-state index contributed by atoms with van der Waals surface area (Å²) in [6.07, 6.45) is 6.10. The van der Waals surface area contributed by atoms with Crippen molar-refractivity contribution >= 4 is 21.6 Å². The van der Waals surface area contributed by atoms with Crippen LogP contribution in [0.1, 0.15) is 61.1 Å². The minimum Gasteiger partial charge on any atom is -0.371 e. The Morgan fingerprint density at radius 3 is 2.52 bits per heavy atom. The number of hydrogen-bond donors (Lipinski definition) is 1. The maximum Gasteiger partial charge on any atom is 0.178 e. The minimum absolute atomic E-state index is 0.101. The number of aromatic nitrogens is 4. The summed E-state index contributed by atoms with van der Waals surface area (Å²) >= 11 is 3.53. The molecule has 1 atom stereocenters. The van der Waals surface area contributed by atoms with E-state index in [1.807, 2.05) is 0 Å². The van der Waals surface area contributed by atoms with Crippen molar-refractivity contribution in [1.82, 2.24) is 20.2 Å². The van der Waals surface area contributed by atoms with E-state index in [4.69, 9.17) is 0 Å². The summed E-state index contributed by atoms with van der Waals surface area (Å²) in [5.41, 5.74) is 3.45. The molecule has 4 rings (SSSR count). The first kappa shape index (κ1) is 18.2. The van der Waals surface area contributed by atoms with Crippen LogP contribution in [0.4, 0.5) is 5.69 Å². The highest BCUT2D eigenvalue weighted by Gasteiger charge is 2.26.